The summed E-state index contributed by atoms with van der Waals surface area (Å²) in [5.74, 6) is 0.474. The van der Waals surface area contributed by atoms with Crippen LogP contribution in [0.5, 0.6) is 0 Å². The third-order valence-corrected chi connectivity index (χ3v) is 4.44. The van der Waals surface area contributed by atoms with Crippen LogP contribution < -0.4 is 0 Å². The van der Waals surface area contributed by atoms with Crippen LogP contribution in [0.1, 0.15) is 5.69 Å². The number of aromatic nitrogens is 2. The number of methoxy groups -OCH3 is 1. The van der Waals surface area contributed by atoms with Crippen molar-refractivity contribution in [1.82, 2.24) is 9.97 Å². The van der Waals surface area contributed by atoms with Gasteiger partial charge in [-0.05, 0) is 40.8 Å². The minimum absolute atomic E-state index is 0.363. The first-order valence-electron chi connectivity index (χ1n) is 5.18. The number of ether oxygens (including phenoxy) is 1. The molecule has 0 aliphatic heterocycles. The standard InChI is InChI=1S/C12H8Cl3IN2O/c1-19-5-9-10(16)11(15)18-12(17-9)6-2-7(13)4-8(14)3-6/h2-4H,5H2,1H3. The molecule has 0 radical (unpaired) electrons. The highest BCUT2D eigenvalue weighted by molar-refractivity contribution is 14.1. The van der Waals surface area contributed by atoms with E-state index in [2.05, 4.69) is 32.6 Å². The predicted octanol–water partition coefficient (Wildman–Crippen LogP) is 4.85. The highest BCUT2D eigenvalue weighted by Gasteiger charge is 2.12. The second-order valence-corrected chi connectivity index (χ2v) is 6.00. The molecule has 100 valence electrons. The summed E-state index contributed by atoms with van der Waals surface area (Å²) >= 11 is 20.1. The molecule has 0 N–H and O–H groups in total. The van der Waals surface area contributed by atoms with E-state index in [0.29, 0.717) is 33.2 Å². The molecule has 0 atom stereocenters. The van der Waals surface area contributed by atoms with Crippen molar-refractivity contribution in [1.29, 1.82) is 0 Å². The Morgan fingerprint density at radius 1 is 1.11 bits per heavy atom. The van der Waals surface area contributed by atoms with E-state index in [1.54, 1.807) is 25.3 Å². The normalized spacial score (nSPS) is 10.8. The molecule has 0 aliphatic rings. The fourth-order valence-electron chi connectivity index (χ4n) is 1.51. The molecular formula is C12H8Cl3IN2O. The van der Waals surface area contributed by atoms with Gasteiger partial charge in [0, 0.05) is 22.7 Å². The molecule has 0 spiro atoms. The van der Waals surface area contributed by atoms with Crippen molar-refractivity contribution in [3.63, 3.8) is 0 Å². The Bertz CT molecular complexity index is 602. The van der Waals surface area contributed by atoms with Gasteiger partial charge in [-0.25, -0.2) is 9.97 Å². The molecule has 0 saturated heterocycles. The molecule has 0 amide bonds. The average molecular weight is 429 g/mol. The van der Waals surface area contributed by atoms with Crippen molar-refractivity contribution >= 4 is 57.4 Å². The van der Waals surface area contributed by atoms with Crippen LogP contribution in [0.3, 0.4) is 0 Å². The zero-order valence-electron chi connectivity index (χ0n) is 9.75. The lowest BCUT2D eigenvalue weighted by Gasteiger charge is -2.08. The van der Waals surface area contributed by atoms with Gasteiger partial charge in [-0.15, -0.1) is 0 Å². The maximum absolute atomic E-state index is 6.10. The highest BCUT2D eigenvalue weighted by Crippen LogP contribution is 2.28. The van der Waals surface area contributed by atoms with Crippen molar-refractivity contribution in [3.05, 3.63) is 42.7 Å². The van der Waals surface area contributed by atoms with Gasteiger partial charge >= 0.3 is 0 Å². The summed E-state index contributed by atoms with van der Waals surface area (Å²) in [6.07, 6.45) is 0. The van der Waals surface area contributed by atoms with Gasteiger partial charge in [-0.1, -0.05) is 34.8 Å². The van der Waals surface area contributed by atoms with E-state index >= 15 is 0 Å². The summed E-state index contributed by atoms with van der Waals surface area (Å²) in [6, 6.07) is 5.13. The van der Waals surface area contributed by atoms with Gasteiger partial charge in [0.2, 0.25) is 0 Å². The third kappa shape index (κ3) is 3.70. The molecule has 0 aliphatic carbocycles. The van der Waals surface area contributed by atoms with Gasteiger partial charge < -0.3 is 4.74 Å². The second kappa shape index (κ2) is 6.54. The van der Waals surface area contributed by atoms with Crippen LogP contribution in [-0.4, -0.2) is 17.1 Å². The second-order valence-electron chi connectivity index (χ2n) is 3.69. The molecule has 2 aromatic rings. The molecule has 1 aromatic heterocycles. The quantitative estimate of drug-likeness (QED) is 0.517. The fourth-order valence-corrected chi connectivity index (χ4v) is 2.62. The van der Waals surface area contributed by atoms with E-state index in [-0.39, 0.29) is 0 Å². The molecule has 0 unspecified atom stereocenters. The smallest absolute Gasteiger partial charge is 0.161 e. The van der Waals surface area contributed by atoms with Gasteiger partial charge in [0.05, 0.1) is 15.9 Å². The molecule has 2 rings (SSSR count). The first-order valence-corrected chi connectivity index (χ1v) is 7.40. The summed E-state index contributed by atoms with van der Waals surface area (Å²) in [6.45, 7) is 0.363. The first kappa shape index (κ1) is 15.3. The number of hydrogen-bond donors (Lipinski definition) is 0. The maximum atomic E-state index is 6.10. The van der Waals surface area contributed by atoms with E-state index in [4.69, 9.17) is 39.5 Å². The highest BCUT2D eigenvalue weighted by atomic mass is 127. The van der Waals surface area contributed by atoms with Gasteiger partial charge in [-0.2, -0.15) is 0 Å². The lowest BCUT2D eigenvalue weighted by Crippen LogP contribution is -2.02. The Kier molecular flexibility index (Phi) is 5.25. The third-order valence-electron chi connectivity index (χ3n) is 2.28. The van der Waals surface area contributed by atoms with Crippen LogP contribution in [0.25, 0.3) is 11.4 Å². The number of halogens is 4. The van der Waals surface area contributed by atoms with Crippen molar-refractivity contribution in [3.8, 4) is 11.4 Å². The van der Waals surface area contributed by atoms with Crippen LogP contribution in [-0.2, 0) is 11.3 Å². The largest absolute Gasteiger partial charge is 0.378 e. The molecule has 1 heterocycles. The Morgan fingerprint density at radius 3 is 2.32 bits per heavy atom. The van der Waals surface area contributed by atoms with E-state index in [0.717, 1.165) is 9.26 Å². The molecule has 19 heavy (non-hydrogen) atoms. The van der Waals surface area contributed by atoms with Crippen LogP contribution in [0, 0.1) is 3.57 Å². The molecule has 0 bridgehead atoms. The summed E-state index contributed by atoms with van der Waals surface area (Å²) in [4.78, 5) is 8.67. The molecule has 3 nitrogen and oxygen atoms in total. The lowest BCUT2D eigenvalue weighted by molar-refractivity contribution is 0.181. The van der Waals surface area contributed by atoms with E-state index in [1.165, 1.54) is 0 Å². The minimum Gasteiger partial charge on any atom is -0.378 e. The summed E-state index contributed by atoms with van der Waals surface area (Å²) in [5.41, 5.74) is 1.45. The molecule has 1 aromatic carbocycles. The molecule has 0 saturated carbocycles. The topological polar surface area (TPSA) is 35.0 Å². The van der Waals surface area contributed by atoms with Crippen molar-refractivity contribution in [2.75, 3.05) is 7.11 Å². The summed E-state index contributed by atoms with van der Waals surface area (Å²) < 4.78 is 5.87. The van der Waals surface area contributed by atoms with Crippen LogP contribution in [0.4, 0.5) is 0 Å². The van der Waals surface area contributed by atoms with Crippen LogP contribution in [0.15, 0.2) is 18.2 Å². The van der Waals surface area contributed by atoms with Crippen LogP contribution >= 0.6 is 57.4 Å². The molecular weight excluding hydrogens is 421 g/mol. The Balaban J connectivity index is 2.55. The number of hydrogen-bond acceptors (Lipinski definition) is 3. The molecule has 7 heteroatoms. The van der Waals surface area contributed by atoms with Gasteiger partial charge in [0.1, 0.15) is 5.15 Å². The number of rotatable bonds is 3. The van der Waals surface area contributed by atoms with Gasteiger partial charge in [-0.3, -0.25) is 0 Å². The van der Waals surface area contributed by atoms with E-state index in [1.807, 2.05) is 0 Å². The molecule has 0 fully saturated rings. The minimum atomic E-state index is 0.363. The zero-order chi connectivity index (χ0) is 14.0. The Hall–Kier alpha value is -0.140. The number of nitrogens with zero attached hydrogens (tertiary/aromatic N) is 2. The summed E-state index contributed by atoms with van der Waals surface area (Å²) in [7, 11) is 1.60. The monoisotopic (exact) mass is 428 g/mol. The van der Waals surface area contributed by atoms with E-state index < -0.39 is 0 Å². The van der Waals surface area contributed by atoms with Crippen LogP contribution in [0.2, 0.25) is 15.2 Å². The zero-order valence-corrected chi connectivity index (χ0v) is 14.2. The Morgan fingerprint density at radius 2 is 1.74 bits per heavy atom. The van der Waals surface area contributed by atoms with Crippen molar-refractivity contribution in [2.24, 2.45) is 0 Å². The Labute approximate surface area is 139 Å². The van der Waals surface area contributed by atoms with E-state index in [9.17, 15) is 0 Å². The van der Waals surface area contributed by atoms with Crippen molar-refractivity contribution < 1.29 is 4.74 Å². The fraction of sp³-hybridized carbons (Fsp3) is 0.167. The number of benzene rings is 1. The predicted molar refractivity (Wildman–Crippen MR) is 85.9 cm³/mol. The summed E-state index contributed by atoms with van der Waals surface area (Å²) in [5, 5.41) is 1.43. The lowest BCUT2D eigenvalue weighted by atomic mass is 10.2. The SMILES string of the molecule is COCc1nc(-c2cc(Cl)cc(Cl)c2)nc(Cl)c1I. The van der Waals surface area contributed by atoms with Crippen molar-refractivity contribution in [2.45, 2.75) is 6.61 Å². The maximum Gasteiger partial charge on any atom is 0.161 e. The first-order chi connectivity index (χ1) is 9.01. The van der Waals surface area contributed by atoms with Gasteiger partial charge in [0.15, 0.2) is 5.82 Å². The van der Waals surface area contributed by atoms with Gasteiger partial charge in [0.25, 0.3) is 0 Å². The average Bonchev–Trinajstić information content (AvgIpc) is 2.33.